The third kappa shape index (κ3) is 3.05. The van der Waals surface area contributed by atoms with Crippen molar-refractivity contribution >= 4 is 33.6 Å². The second-order valence-electron chi connectivity index (χ2n) is 5.94. The molecule has 0 aliphatic carbocycles. The van der Waals surface area contributed by atoms with Gasteiger partial charge in [0.1, 0.15) is 0 Å². The van der Waals surface area contributed by atoms with E-state index in [1.165, 1.54) is 0 Å². The number of nitrogens with zero attached hydrogens (tertiary/aromatic N) is 3. The molecule has 0 radical (unpaired) electrons. The number of imidazole rings is 1. The fourth-order valence-electron chi connectivity index (χ4n) is 2.79. The quantitative estimate of drug-likeness (QED) is 0.595. The summed E-state index contributed by atoms with van der Waals surface area (Å²) in [5.74, 6) is 0.358. The first kappa shape index (κ1) is 16.3. The third-order valence-electron chi connectivity index (χ3n) is 4.15. The van der Waals surface area contributed by atoms with Crippen molar-refractivity contribution in [2.24, 2.45) is 0 Å². The Morgan fingerprint density at radius 3 is 2.73 bits per heavy atom. The summed E-state index contributed by atoms with van der Waals surface area (Å²) >= 11 is 6.42. The Morgan fingerprint density at radius 1 is 1.19 bits per heavy atom. The van der Waals surface area contributed by atoms with Gasteiger partial charge in [-0.3, -0.25) is 4.79 Å². The average molecular weight is 363 g/mol. The summed E-state index contributed by atoms with van der Waals surface area (Å²) < 4.78 is 1.92. The van der Waals surface area contributed by atoms with Crippen molar-refractivity contribution < 1.29 is 0 Å². The van der Waals surface area contributed by atoms with E-state index in [1.54, 1.807) is 24.7 Å². The van der Waals surface area contributed by atoms with Crippen LogP contribution in [-0.4, -0.2) is 19.5 Å². The molecule has 0 amide bonds. The second-order valence-corrected chi connectivity index (χ2v) is 6.35. The van der Waals surface area contributed by atoms with Crippen LogP contribution in [0, 0.1) is 6.92 Å². The van der Waals surface area contributed by atoms with Gasteiger partial charge in [0, 0.05) is 18.1 Å². The number of para-hydroxylation sites is 1. The number of aromatic nitrogens is 4. The van der Waals surface area contributed by atoms with Crippen molar-refractivity contribution in [3.63, 3.8) is 0 Å². The summed E-state index contributed by atoms with van der Waals surface area (Å²) in [5.41, 5.74) is 3.31. The molecule has 4 rings (SSSR count). The average Bonchev–Trinajstić information content (AvgIpc) is 3.18. The summed E-state index contributed by atoms with van der Waals surface area (Å²) in [6.07, 6.45) is 7.13. The highest BCUT2D eigenvalue weighted by Crippen LogP contribution is 2.21. The highest BCUT2D eigenvalue weighted by atomic mass is 35.5. The van der Waals surface area contributed by atoms with E-state index in [4.69, 9.17) is 11.6 Å². The lowest BCUT2D eigenvalue weighted by molar-refractivity contribution is 1.06. The van der Waals surface area contributed by atoms with Crippen LogP contribution in [0.3, 0.4) is 0 Å². The fraction of sp³-hybridized carbons (Fsp3) is 0.0500. The SMILES string of the molecule is Cc1cccc2c(=O)[nH]c(/C(Cl)=C/c3ccc(-n4ccnc4)cc3)nc12. The molecule has 4 aromatic rings. The topological polar surface area (TPSA) is 63.6 Å². The summed E-state index contributed by atoms with van der Waals surface area (Å²) in [6, 6.07) is 13.4. The Bertz CT molecular complexity index is 1160. The van der Waals surface area contributed by atoms with Crippen molar-refractivity contribution in [1.82, 2.24) is 19.5 Å². The Balaban J connectivity index is 1.71. The first-order valence-electron chi connectivity index (χ1n) is 8.07. The van der Waals surface area contributed by atoms with Gasteiger partial charge >= 0.3 is 0 Å². The van der Waals surface area contributed by atoms with Crippen molar-refractivity contribution in [1.29, 1.82) is 0 Å². The lowest BCUT2D eigenvalue weighted by atomic mass is 10.1. The van der Waals surface area contributed by atoms with Crippen LogP contribution < -0.4 is 5.56 Å². The molecule has 0 atom stereocenters. The van der Waals surface area contributed by atoms with Crippen molar-refractivity contribution in [3.05, 3.63) is 88.5 Å². The van der Waals surface area contributed by atoms with Crippen LogP contribution >= 0.6 is 11.6 Å². The predicted molar refractivity (Wildman–Crippen MR) is 104 cm³/mol. The molecule has 2 aromatic carbocycles. The highest BCUT2D eigenvalue weighted by molar-refractivity contribution is 6.50. The molecule has 0 spiro atoms. The Morgan fingerprint density at radius 2 is 2.00 bits per heavy atom. The van der Waals surface area contributed by atoms with Crippen LogP contribution in [0.15, 0.2) is 66.0 Å². The van der Waals surface area contributed by atoms with E-state index in [1.807, 2.05) is 54.1 Å². The van der Waals surface area contributed by atoms with E-state index in [9.17, 15) is 4.79 Å². The zero-order valence-corrected chi connectivity index (χ0v) is 14.7. The van der Waals surface area contributed by atoms with E-state index in [0.29, 0.717) is 21.8 Å². The van der Waals surface area contributed by atoms with Gasteiger partial charge in [-0.25, -0.2) is 9.97 Å². The molecule has 0 unspecified atom stereocenters. The van der Waals surface area contributed by atoms with Gasteiger partial charge in [-0.05, 0) is 42.3 Å². The standard InChI is InChI=1S/C20H15ClN4O/c1-13-3-2-4-16-18(13)23-19(24-20(16)26)17(21)11-14-5-7-15(8-6-14)25-10-9-22-12-25/h2-12H,1H3,(H,23,24,26)/b17-11-. The van der Waals surface area contributed by atoms with E-state index in [-0.39, 0.29) is 5.56 Å². The zero-order valence-electron chi connectivity index (χ0n) is 14.0. The first-order valence-corrected chi connectivity index (χ1v) is 8.45. The minimum Gasteiger partial charge on any atom is -0.306 e. The molecular weight excluding hydrogens is 348 g/mol. The summed E-state index contributed by atoms with van der Waals surface area (Å²) in [6.45, 7) is 1.92. The van der Waals surface area contributed by atoms with E-state index in [2.05, 4.69) is 15.0 Å². The van der Waals surface area contributed by atoms with Gasteiger partial charge in [0.25, 0.3) is 5.56 Å². The third-order valence-corrected chi connectivity index (χ3v) is 4.44. The van der Waals surface area contributed by atoms with Crippen LogP contribution in [0.2, 0.25) is 0 Å². The number of fused-ring (bicyclic) bond motifs is 1. The molecule has 26 heavy (non-hydrogen) atoms. The van der Waals surface area contributed by atoms with Crippen LogP contribution in [0.4, 0.5) is 0 Å². The lowest BCUT2D eigenvalue weighted by Crippen LogP contribution is -2.11. The fourth-order valence-corrected chi connectivity index (χ4v) is 3.00. The van der Waals surface area contributed by atoms with Crippen molar-refractivity contribution in [3.8, 4) is 5.69 Å². The van der Waals surface area contributed by atoms with Crippen molar-refractivity contribution in [2.45, 2.75) is 6.92 Å². The molecule has 0 saturated heterocycles. The molecule has 0 saturated carbocycles. The lowest BCUT2D eigenvalue weighted by Gasteiger charge is -2.05. The van der Waals surface area contributed by atoms with E-state index >= 15 is 0 Å². The van der Waals surface area contributed by atoms with Crippen LogP contribution in [0.1, 0.15) is 17.0 Å². The number of halogens is 1. The van der Waals surface area contributed by atoms with Gasteiger partial charge in [-0.15, -0.1) is 0 Å². The maximum absolute atomic E-state index is 12.3. The van der Waals surface area contributed by atoms with Crippen LogP contribution in [0.25, 0.3) is 27.7 Å². The highest BCUT2D eigenvalue weighted by Gasteiger charge is 2.08. The largest absolute Gasteiger partial charge is 0.306 e. The normalized spacial score (nSPS) is 11.8. The molecule has 2 aromatic heterocycles. The number of aromatic amines is 1. The zero-order chi connectivity index (χ0) is 18.1. The molecule has 0 fully saturated rings. The van der Waals surface area contributed by atoms with Crippen molar-refractivity contribution in [2.75, 3.05) is 0 Å². The van der Waals surface area contributed by atoms with Gasteiger partial charge in [0.05, 0.1) is 22.3 Å². The second kappa shape index (κ2) is 6.61. The smallest absolute Gasteiger partial charge is 0.259 e. The predicted octanol–water partition coefficient (Wildman–Crippen LogP) is 4.15. The molecule has 2 heterocycles. The van der Waals surface area contributed by atoms with Crippen LogP contribution in [0.5, 0.6) is 0 Å². The maximum Gasteiger partial charge on any atom is 0.259 e. The maximum atomic E-state index is 12.3. The van der Waals surface area contributed by atoms with Gasteiger partial charge in [0.2, 0.25) is 0 Å². The minimum atomic E-state index is -0.198. The number of aryl methyl sites for hydroxylation is 1. The number of rotatable bonds is 3. The van der Waals surface area contributed by atoms with Gasteiger partial charge in [-0.1, -0.05) is 35.9 Å². The molecule has 128 valence electrons. The molecular formula is C20H15ClN4O. The molecule has 1 N–H and O–H groups in total. The molecule has 0 bridgehead atoms. The van der Waals surface area contributed by atoms with Gasteiger partial charge in [0.15, 0.2) is 5.82 Å². The molecule has 6 heteroatoms. The monoisotopic (exact) mass is 362 g/mol. The summed E-state index contributed by atoms with van der Waals surface area (Å²) in [5, 5.41) is 0.936. The first-order chi connectivity index (χ1) is 12.6. The Kier molecular flexibility index (Phi) is 4.14. The van der Waals surface area contributed by atoms with E-state index < -0.39 is 0 Å². The summed E-state index contributed by atoms with van der Waals surface area (Å²) in [4.78, 5) is 23.6. The molecule has 0 aliphatic heterocycles. The Hall–Kier alpha value is -3.18. The number of benzene rings is 2. The molecule has 0 aliphatic rings. The van der Waals surface area contributed by atoms with Gasteiger partial charge < -0.3 is 9.55 Å². The Labute approximate surface area is 154 Å². The number of nitrogens with one attached hydrogen (secondary N) is 1. The minimum absolute atomic E-state index is 0.198. The number of hydrogen-bond acceptors (Lipinski definition) is 3. The number of hydrogen-bond donors (Lipinski definition) is 1. The summed E-state index contributed by atoms with van der Waals surface area (Å²) in [7, 11) is 0. The van der Waals surface area contributed by atoms with Crippen LogP contribution in [-0.2, 0) is 0 Å². The number of H-pyrrole nitrogens is 1. The van der Waals surface area contributed by atoms with E-state index in [0.717, 1.165) is 16.8 Å². The van der Waals surface area contributed by atoms with Gasteiger partial charge in [-0.2, -0.15) is 0 Å². The molecule has 5 nitrogen and oxygen atoms in total.